The van der Waals surface area contributed by atoms with Gasteiger partial charge in [0.15, 0.2) is 5.78 Å². The van der Waals surface area contributed by atoms with Crippen molar-refractivity contribution in [1.82, 2.24) is 4.90 Å². The van der Waals surface area contributed by atoms with Crippen LogP contribution < -0.4 is 0 Å². The average molecular weight is 265 g/mol. The molecule has 0 fully saturated rings. The molecule has 20 heavy (non-hydrogen) atoms. The van der Waals surface area contributed by atoms with E-state index in [2.05, 4.69) is 0 Å². The number of hydrogen-bond donors (Lipinski definition) is 0. The lowest BCUT2D eigenvalue weighted by Crippen LogP contribution is -2.26. The Labute approximate surface area is 117 Å². The third-order valence-corrected chi connectivity index (χ3v) is 3.79. The molecule has 0 radical (unpaired) electrons. The van der Waals surface area contributed by atoms with Crippen LogP contribution in [0.2, 0.25) is 0 Å². The molecule has 100 valence electrons. The molecular weight excluding hydrogens is 250 g/mol. The van der Waals surface area contributed by atoms with Crippen molar-refractivity contribution in [2.75, 3.05) is 13.6 Å². The van der Waals surface area contributed by atoms with E-state index in [1.54, 1.807) is 24.1 Å². The van der Waals surface area contributed by atoms with Crippen LogP contribution in [0.5, 0.6) is 0 Å². The first-order chi connectivity index (χ1) is 9.63. The fourth-order valence-corrected chi connectivity index (χ4v) is 2.53. The topological polar surface area (TPSA) is 37.4 Å². The monoisotopic (exact) mass is 265 g/mol. The van der Waals surface area contributed by atoms with Crippen molar-refractivity contribution in [3.63, 3.8) is 0 Å². The Morgan fingerprint density at radius 1 is 1.00 bits per heavy atom. The number of carbonyl (C=O) groups excluding carboxylic acids is 2. The Hall–Kier alpha value is -2.42. The molecule has 1 aliphatic rings. The zero-order valence-corrected chi connectivity index (χ0v) is 11.5. The van der Waals surface area contributed by atoms with Gasteiger partial charge in [-0.3, -0.25) is 9.59 Å². The average Bonchev–Trinajstić information content (AvgIpc) is 2.79. The largest absolute Gasteiger partial charge is 0.342 e. The maximum absolute atomic E-state index is 12.4. The molecule has 0 saturated heterocycles. The maximum atomic E-state index is 12.4. The third kappa shape index (κ3) is 1.74. The summed E-state index contributed by atoms with van der Waals surface area (Å²) in [5.41, 5.74) is 3.78. The lowest BCUT2D eigenvalue weighted by Gasteiger charge is -2.14. The van der Waals surface area contributed by atoms with Gasteiger partial charge in [-0.2, -0.15) is 0 Å². The predicted octanol–water partition coefficient (Wildman–Crippen LogP) is 2.99. The van der Waals surface area contributed by atoms with Crippen molar-refractivity contribution < 1.29 is 9.59 Å². The number of rotatable bonds is 2. The highest BCUT2D eigenvalue weighted by molar-refractivity contribution is 6.22. The van der Waals surface area contributed by atoms with E-state index in [1.165, 1.54) is 0 Å². The summed E-state index contributed by atoms with van der Waals surface area (Å²) in [6.07, 6.45) is 0. The second kappa shape index (κ2) is 4.60. The van der Waals surface area contributed by atoms with Gasteiger partial charge in [-0.15, -0.1) is 0 Å². The summed E-state index contributed by atoms with van der Waals surface area (Å²) in [5.74, 6) is -0.0524. The third-order valence-electron chi connectivity index (χ3n) is 3.79. The molecule has 0 bridgehead atoms. The van der Waals surface area contributed by atoms with Crippen LogP contribution in [-0.2, 0) is 0 Å². The lowest BCUT2D eigenvalue weighted by atomic mass is 10.0. The number of nitrogens with zero attached hydrogens (tertiary/aromatic N) is 1. The van der Waals surface area contributed by atoms with E-state index in [0.29, 0.717) is 17.7 Å². The van der Waals surface area contributed by atoms with Gasteiger partial charge in [-0.05, 0) is 30.2 Å². The van der Waals surface area contributed by atoms with Crippen LogP contribution in [0.3, 0.4) is 0 Å². The molecule has 0 aliphatic heterocycles. The second-order valence-electron chi connectivity index (χ2n) is 4.95. The molecule has 2 aromatic rings. The van der Waals surface area contributed by atoms with Crippen molar-refractivity contribution in [2.45, 2.75) is 6.92 Å². The Kier molecular flexibility index (Phi) is 2.90. The highest BCUT2D eigenvalue weighted by Gasteiger charge is 2.27. The van der Waals surface area contributed by atoms with Gasteiger partial charge in [0.05, 0.1) is 0 Å². The van der Waals surface area contributed by atoms with E-state index < -0.39 is 0 Å². The quantitative estimate of drug-likeness (QED) is 0.714. The first-order valence-corrected chi connectivity index (χ1v) is 6.67. The van der Waals surface area contributed by atoms with Crippen LogP contribution in [0.4, 0.5) is 0 Å². The Balaban J connectivity index is 2.09. The summed E-state index contributed by atoms with van der Waals surface area (Å²) >= 11 is 0. The summed E-state index contributed by atoms with van der Waals surface area (Å²) < 4.78 is 0. The highest BCUT2D eigenvalue weighted by atomic mass is 16.2. The minimum Gasteiger partial charge on any atom is -0.342 e. The molecule has 3 nitrogen and oxygen atoms in total. The van der Waals surface area contributed by atoms with E-state index in [4.69, 9.17) is 0 Å². The standard InChI is InChI=1S/C17H15NO2/c1-3-18(2)17(20)11-8-9-13-12-6-4-5-7-14(12)16(19)15(13)10-11/h4-10H,3H2,1-2H3. The van der Waals surface area contributed by atoms with Gasteiger partial charge >= 0.3 is 0 Å². The molecule has 2 aromatic carbocycles. The molecule has 0 N–H and O–H groups in total. The fourth-order valence-electron chi connectivity index (χ4n) is 2.53. The molecule has 0 atom stereocenters. The van der Waals surface area contributed by atoms with E-state index >= 15 is 0 Å². The van der Waals surface area contributed by atoms with Crippen LogP contribution in [0.15, 0.2) is 42.5 Å². The first-order valence-electron chi connectivity index (χ1n) is 6.67. The predicted molar refractivity (Wildman–Crippen MR) is 77.9 cm³/mol. The number of benzene rings is 2. The van der Waals surface area contributed by atoms with Gasteiger partial charge in [0.1, 0.15) is 0 Å². The SMILES string of the molecule is CCN(C)C(=O)c1ccc2c(c1)C(=O)c1ccccc1-2. The van der Waals surface area contributed by atoms with Crippen LogP contribution in [0.25, 0.3) is 11.1 Å². The molecule has 0 spiro atoms. The van der Waals surface area contributed by atoms with Gasteiger partial charge in [0, 0.05) is 30.3 Å². The number of ketones is 1. The van der Waals surface area contributed by atoms with Crippen molar-refractivity contribution in [1.29, 1.82) is 0 Å². The first kappa shape index (κ1) is 12.6. The van der Waals surface area contributed by atoms with Crippen LogP contribution >= 0.6 is 0 Å². The van der Waals surface area contributed by atoms with E-state index in [-0.39, 0.29) is 11.7 Å². The maximum Gasteiger partial charge on any atom is 0.253 e. The molecule has 3 rings (SSSR count). The minimum absolute atomic E-state index is 0.00408. The van der Waals surface area contributed by atoms with Crippen LogP contribution in [-0.4, -0.2) is 30.2 Å². The molecular formula is C17H15NO2. The summed E-state index contributed by atoms with van der Waals surface area (Å²) in [7, 11) is 1.76. The zero-order chi connectivity index (χ0) is 14.3. The van der Waals surface area contributed by atoms with Gasteiger partial charge < -0.3 is 4.90 Å². The highest BCUT2D eigenvalue weighted by Crippen LogP contribution is 2.36. The molecule has 0 heterocycles. The van der Waals surface area contributed by atoms with E-state index in [0.717, 1.165) is 16.7 Å². The fraction of sp³-hybridized carbons (Fsp3) is 0.176. The summed E-state index contributed by atoms with van der Waals surface area (Å²) in [4.78, 5) is 26.2. The lowest BCUT2D eigenvalue weighted by molar-refractivity contribution is 0.0802. The number of carbonyl (C=O) groups is 2. The summed E-state index contributed by atoms with van der Waals surface area (Å²) in [6, 6.07) is 12.9. The van der Waals surface area contributed by atoms with Gasteiger partial charge in [0.2, 0.25) is 0 Å². The Morgan fingerprint density at radius 3 is 2.35 bits per heavy atom. The number of hydrogen-bond acceptors (Lipinski definition) is 2. The summed E-state index contributed by atoms with van der Waals surface area (Å²) in [6.45, 7) is 2.57. The van der Waals surface area contributed by atoms with Crippen molar-refractivity contribution in [3.8, 4) is 11.1 Å². The van der Waals surface area contributed by atoms with Crippen LogP contribution in [0.1, 0.15) is 33.2 Å². The smallest absolute Gasteiger partial charge is 0.253 e. The Bertz CT molecular complexity index is 719. The van der Waals surface area contributed by atoms with Crippen molar-refractivity contribution in [2.24, 2.45) is 0 Å². The zero-order valence-electron chi connectivity index (χ0n) is 11.5. The van der Waals surface area contributed by atoms with Crippen molar-refractivity contribution >= 4 is 11.7 Å². The molecule has 0 unspecified atom stereocenters. The molecule has 0 saturated carbocycles. The van der Waals surface area contributed by atoms with E-state index in [9.17, 15) is 9.59 Å². The van der Waals surface area contributed by atoms with Gasteiger partial charge in [-0.1, -0.05) is 30.3 Å². The number of amides is 1. The molecule has 3 heteroatoms. The second-order valence-corrected chi connectivity index (χ2v) is 4.95. The van der Waals surface area contributed by atoms with E-state index in [1.807, 2.05) is 37.3 Å². The normalized spacial score (nSPS) is 12.0. The minimum atomic E-state index is -0.0564. The molecule has 1 aliphatic carbocycles. The molecule has 0 aromatic heterocycles. The van der Waals surface area contributed by atoms with Gasteiger partial charge in [0.25, 0.3) is 5.91 Å². The van der Waals surface area contributed by atoms with Gasteiger partial charge in [-0.25, -0.2) is 0 Å². The van der Waals surface area contributed by atoms with Crippen molar-refractivity contribution in [3.05, 3.63) is 59.2 Å². The summed E-state index contributed by atoms with van der Waals surface area (Å²) in [5, 5.41) is 0. The molecule has 1 amide bonds. The Morgan fingerprint density at radius 2 is 1.65 bits per heavy atom. The number of fused-ring (bicyclic) bond motifs is 3. The van der Waals surface area contributed by atoms with Crippen LogP contribution in [0, 0.1) is 0 Å².